The smallest absolute Gasteiger partial charge is 0.297 e. The molecule has 1 aliphatic heterocycles. The lowest BCUT2D eigenvalue weighted by atomic mass is 9.98. The van der Waals surface area contributed by atoms with Gasteiger partial charge in [0.25, 0.3) is 5.91 Å². The average molecular weight is 1120 g/mol. The molecule has 10 N–H and O–H groups in total. The fourth-order valence-electron chi connectivity index (χ4n) is 6.52. The topological polar surface area (TPSA) is 270 Å². The van der Waals surface area contributed by atoms with Crippen LogP contribution in [0.1, 0.15) is 132 Å². The van der Waals surface area contributed by atoms with Crippen LogP contribution in [-0.2, 0) is 42.9 Å². The molecule has 0 aliphatic carbocycles. The van der Waals surface area contributed by atoms with Crippen molar-refractivity contribution < 1.29 is 103 Å². The normalized spacial score (nSPS) is 16.2. The van der Waals surface area contributed by atoms with Crippen molar-refractivity contribution >= 4 is 17.7 Å². The Labute approximate surface area is 496 Å². The van der Waals surface area contributed by atoms with Crippen LogP contribution in [0.2, 0.25) is 0 Å². The molecule has 18 heteroatoms. The Bertz CT molecular complexity index is 2700. The lowest BCUT2D eigenvalue weighted by molar-refractivity contribution is -0.297. The van der Waals surface area contributed by atoms with Crippen molar-refractivity contribution in [3.63, 3.8) is 0 Å². The van der Waals surface area contributed by atoms with Crippen molar-refractivity contribution in [2.75, 3.05) is 65.9 Å². The Hall–Kier alpha value is -7.35. The van der Waals surface area contributed by atoms with Gasteiger partial charge in [-0.2, -0.15) is 0 Å². The molecule has 18 nitrogen and oxygen atoms in total. The zero-order valence-electron chi connectivity index (χ0n) is 44.4. The predicted molar refractivity (Wildman–Crippen MR) is 341 cm³/mol. The molecule has 1 heterocycles. The molecule has 0 aromatic rings. The Kier molecular flexibility index (Phi) is 43.3. The van der Waals surface area contributed by atoms with Crippen LogP contribution in [0.25, 0.3) is 0 Å². The lowest BCUT2D eigenvalue weighted by Gasteiger charge is -2.41. The molecule has 0 aromatic carbocycles. The fourth-order valence-corrected chi connectivity index (χ4v) is 6.52. The SMILES string of the molecule is CC#CC#CC#CC#CC#CC#CC#CC#CC#CC#CC#CC#CC(=O)N[C@@H](CO[C@H]1O[C@H](CNC(=O)COCCOCCOCCNC(=O)CON)[C@H](O)[C@H](O)C1O)[C@H](O)[C@H](O)CCCCCCCCCCCCCC.[HH].[HH].[HH].[HH].[HH].[HH].[HH].[HH].[HH].[HH].[HH].[HH].[HH].[HH].[HH].[HH].[HH].[HH].[HH].[HH].[HH].[HH].[HH].[HH]. The first-order valence-corrected chi connectivity index (χ1v) is 25.5. The van der Waals surface area contributed by atoms with Crippen LogP contribution in [0.15, 0.2) is 0 Å². The number of rotatable bonds is 34. The number of carbonyl (C=O) groups is 3. The number of hydrogen-bond acceptors (Lipinski definition) is 15. The van der Waals surface area contributed by atoms with E-state index in [1.165, 1.54) is 44.9 Å². The third-order valence-corrected chi connectivity index (χ3v) is 10.5. The maximum absolute atomic E-state index is 13.0. The molecule has 1 fully saturated rings. The maximum Gasteiger partial charge on any atom is 0.297 e. The number of carbonyl (C=O) groups excluding carboxylic acids is 3. The van der Waals surface area contributed by atoms with Gasteiger partial charge in [0.15, 0.2) is 6.29 Å². The van der Waals surface area contributed by atoms with Gasteiger partial charge in [-0.15, -0.1) is 0 Å². The molecule has 0 aromatic heterocycles. The van der Waals surface area contributed by atoms with Gasteiger partial charge >= 0.3 is 0 Å². The van der Waals surface area contributed by atoms with Crippen molar-refractivity contribution in [3.8, 4) is 142 Å². The van der Waals surface area contributed by atoms with Crippen molar-refractivity contribution in [3.05, 3.63) is 0 Å². The second kappa shape index (κ2) is 49.2. The van der Waals surface area contributed by atoms with Gasteiger partial charge in [0, 0.05) is 88.8 Å². The number of ether oxygens (including phenoxy) is 5. The van der Waals surface area contributed by atoms with Gasteiger partial charge < -0.3 is 65.2 Å². The van der Waals surface area contributed by atoms with Crippen molar-refractivity contribution in [1.82, 2.24) is 16.0 Å². The zero-order valence-corrected chi connectivity index (χ0v) is 44.4. The number of aliphatic hydroxyl groups excluding tert-OH is 5. The second-order valence-corrected chi connectivity index (χ2v) is 16.5. The predicted octanol–water partition coefficient (Wildman–Crippen LogP) is 5.25. The minimum absolute atomic E-state index is 0. The summed E-state index contributed by atoms with van der Waals surface area (Å²) in [6, 6.07) is -1.31. The van der Waals surface area contributed by atoms with Gasteiger partial charge in [-0.1, -0.05) is 89.9 Å². The average Bonchev–Trinajstić information content (AvgIpc) is 0.820. The molecular formula is C60H118N4O14. The van der Waals surface area contributed by atoms with Crippen LogP contribution < -0.4 is 21.8 Å². The van der Waals surface area contributed by atoms with Crippen LogP contribution in [-0.4, -0.2) is 158 Å². The number of aliphatic hydroxyl groups is 5. The van der Waals surface area contributed by atoms with E-state index in [9.17, 15) is 39.9 Å². The van der Waals surface area contributed by atoms with Crippen molar-refractivity contribution in [1.29, 1.82) is 0 Å². The van der Waals surface area contributed by atoms with E-state index in [2.05, 4.69) is 170 Å². The van der Waals surface area contributed by atoms with Gasteiger partial charge in [0.1, 0.15) is 43.7 Å². The molecule has 462 valence electrons. The quantitative estimate of drug-likeness (QED) is 0.0226. The van der Waals surface area contributed by atoms with Crippen LogP contribution in [0.4, 0.5) is 0 Å². The van der Waals surface area contributed by atoms with E-state index in [0.717, 1.165) is 25.7 Å². The maximum atomic E-state index is 13.0. The molecule has 8 atom stereocenters. The highest BCUT2D eigenvalue weighted by Gasteiger charge is 2.45. The summed E-state index contributed by atoms with van der Waals surface area (Å²) < 4.78 is 27.5. The van der Waals surface area contributed by atoms with Gasteiger partial charge in [-0.05, 0) is 108 Å². The molecule has 0 saturated carbocycles. The molecule has 0 bridgehead atoms. The molecule has 1 aliphatic rings. The molecule has 0 spiro atoms. The summed E-state index contributed by atoms with van der Waals surface area (Å²) >= 11 is 0. The number of hydrogen-bond donors (Lipinski definition) is 9. The standard InChI is InChI=1S/C60H70N4O14.24H2/c1-3-5-7-9-11-13-15-17-18-19-20-21-22-23-24-25-26-27-29-31-33-35-37-39-53(66)64-50(56(69)51(65)38-36-34-32-30-28-16-14-12-10-8-6-4-2)47-76-60-59(72)58(71)57(70)52(78-60)46-63-54(67)48-75-45-44-74-43-42-73-41-40-62-55(68)49-77-61;;;;;;;;;;;;;;;;;;;;;;;;/h50-52,56-60,65,69-72H,4,6,8,10,12,14,16,28,30,32,34,36,38,40-49,61H2,1-2H3,(H,62,68)(H,63,67)(H,64,66);24*1H/t50-,51+,52+,56-,57-,58-,59?,60-;;;;;;;;;;;;;;;;;;;;;;;;/m0......................../s1. The van der Waals surface area contributed by atoms with Gasteiger partial charge in [-0.25, -0.2) is 5.90 Å². The summed E-state index contributed by atoms with van der Waals surface area (Å²) in [4.78, 5) is 40.9. The summed E-state index contributed by atoms with van der Waals surface area (Å²) in [6.45, 7) is 3.63. The molecule has 78 heavy (non-hydrogen) atoms. The van der Waals surface area contributed by atoms with E-state index >= 15 is 0 Å². The van der Waals surface area contributed by atoms with Crippen LogP contribution in [0.5, 0.6) is 0 Å². The monoisotopic (exact) mass is 1120 g/mol. The van der Waals surface area contributed by atoms with Crippen molar-refractivity contribution in [2.24, 2.45) is 5.90 Å². The molecular weight excluding hydrogens is 1000 g/mol. The first-order valence-electron chi connectivity index (χ1n) is 25.5. The van der Waals surface area contributed by atoms with Gasteiger partial charge in [0.05, 0.1) is 51.8 Å². The number of amides is 3. The summed E-state index contributed by atoms with van der Waals surface area (Å²) in [7, 11) is 0. The van der Waals surface area contributed by atoms with E-state index in [1.54, 1.807) is 6.92 Å². The summed E-state index contributed by atoms with van der Waals surface area (Å²) in [5.74, 6) is 62.3. The zero-order chi connectivity index (χ0) is 56.9. The number of nitrogens with two attached hydrogens (primary N) is 1. The first kappa shape index (κ1) is 68.7. The van der Waals surface area contributed by atoms with E-state index in [0.29, 0.717) is 6.42 Å². The Morgan fingerprint density at radius 3 is 1.51 bits per heavy atom. The van der Waals surface area contributed by atoms with Crippen molar-refractivity contribution in [2.45, 2.75) is 146 Å². The minimum atomic E-state index is -1.79. The molecule has 1 rings (SSSR count). The summed E-state index contributed by atoms with van der Waals surface area (Å²) in [6.07, 6.45) is 2.61. The highest BCUT2D eigenvalue weighted by Crippen LogP contribution is 2.23. The number of unbranched alkanes of at least 4 members (excludes halogenated alkanes) is 11. The van der Waals surface area contributed by atoms with E-state index in [4.69, 9.17) is 29.6 Å². The Balaban J connectivity index is -0.000000115. The molecule has 0 radical (unpaired) electrons. The fraction of sp³-hybridized carbons (Fsp3) is 0.550. The largest absolute Gasteiger partial charge is 0.390 e. The molecule has 1 saturated heterocycles. The van der Waals surface area contributed by atoms with E-state index < -0.39 is 67.4 Å². The molecule has 1 unspecified atom stereocenters. The van der Waals surface area contributed by atoms with Gasteiger partial charge in [-0.3, -0.25) is 19.2 Å². The minimum Gasteiger partial charge on any atom is -0.390 e. The molecule has 3 amide bonds. The lowest BCUT2D eigenvalue weighted by Crippen LogP contribution is -2.61. The summed E-state index contributed by atoms with van der Waals surface area (Å²) in [5.41, 5.74) is 0. The summed E-state index contributed by atoms with van der Waals surface area (Å²) in [5, 5.41) is 62.0. The Morgan fingerprint density at radius 2 is 1.01 bits per heavy atom. The highest BCUT2D eigenvalue weighted by atomic mass is 16.7. The van der Waals surface area contributed by atoms with E-state index in [-0.39, 0.29) is 106 Å². The van der Waals surface area contributed by atoms with Crippen LogP contribution in [0.3, 0.4) is 0 Å². The first-order chi connectivity index (χ1) is 38.0. The van der Waals surface area contributed by atoms with Gasteiger partial charge in [0.2, 0.25) is 11.8 Å². The second-order valence-electron chi connectivity index (χ2n) is 16.5. The van der Waals surface area contributed by atoms with E-state index in [1.807, 2.05) is 0 Å². The highest BCUT2D eigenvalue weighted by molar-refractivity contribution is 5.94. The number of nitrogens with one attached hydrogen (secondary N) is 3. The van der Waals surface area contributed by atoms with Crippen LogP contribution in [0, 0.1) is 142 Å². The Morgan fingerprint density at radius 1 is 0.564 bits per heavy atom. The third kappa shape index (κ3) is 38.2. The third-order valence-electron chi connectivity index (χ3n) is 10.5. The van der Waals surface area contributed by atoms with Crippen LogP contribution >= 0.6 is 0 Å².